The highest BCUT2D eigenvalue weighted by atomic mass is 79.9. The highest BCUT2D eigenvalue weighted by Gasteiger charge is 2.48. The molecule has 2 aliphatic heterocycles. The van der Waals surface area contributed by atoms with E-state index in [9.17, 15) is 14.4 Å². The number of carbonyl (C=O) groups excluding carboxylic acids is 3. The molecule has 3 aromatic rings. The van der Waals surface area contributed by atoms with Crippen LogP contribution < -0.4 is 5.32 Å². The van der Waals surface area contributed by atoms with Gasteiger partial charge >= 0.3 is 0 Å². The molecule has 8 heteroatoms. The molecule has 0 saturated carbocycles. The highest BCUT2D eigenvalue weighted by Crippen LogP contribution is 2.29. The van der Waals surface area contributed by atoms with Crippen molar-refractivity contribution in [3.8, 4) is 11.3 Å². The van der Waals surface area contributed by atoms with E-state index in [0.29, 0.717) is 36.5 Å². The lowest BCUT2D eigenvalue weighted by molar-refractivity contribution is -0.138. The summed E-state index contributed by atoms with van der Waals surface area (Å²) in [6.07, 6.45) is 0.644. The first-order valence-corrected chi connectivity index (χ1v) is 12.4. The zero-order chi connectivity index (χ0) is 24.5. The highest BCUT2D eigenvalue weighted by molar-refractivity contribution is 9.10. The van der Waals surface area contributed by atoms with Gasteiger partial charge in [0.15, 0.2) is 5.78 Å². The number of furan rings is 1. The number of nitrogens with zero attached hydrogens (tertiary/aromatic N) is 1. The van der Waals surface area contributed by atoms with E-state index >= 15 is 0 Å². The van der Waals surface area contributed by atoms with E-state index in [1.165, 1.54) is 0 Å². The van der Waals surface area contributed by atoms with E-state index in [2.05, 4.69) is 21.2 Å². The van der Waals surface area contributed by atoms with Gasteiger partial charge in [0.25, 0.3) is 5.91 Å². The lowest BCUT2D eigenvalue weighted by Gasteiger charge is -2.27. The Morgan fingerprint density at radius 3 is 2.63 bits per heavy atom. The Bertz CT molecular complexity index is 1250. The number of rotatable bonds is 6. The van der Waals surface area contributed by atoms with Crippen molar-refractivity contribution in [3.05, 3.63) is 82.0 Å². The molecule has 2 amide bonds. The van der Waals surface area contributed by atoms with Crippen molar-refractivity contribution in [2.24, 2.45) is 0 Å². The van der Waals surface area contributed by atoms with Crippen LogP contribution in [0.5, 0.6) is 0 Å². The second-order valence-electron chi connectivity index (χ2n) is 8.88. The zero-order valence-electron chi connectivity index (χ0n) is 19.2. The number of ketones is 1. The summed E-state index contributed by atoms with van der Waals surface area (Å²) in [6.45, 7) is 2.18. The third-order valence-corrected chi connectivity index (χ3v) is 7.10. The van der Waals surface area contributed by atoms with Crippen molar-refractivity contribution in [1.29, 1.82) is 0 Å². The topological polar surface area (TPSA) is 88.8 Å². The third kappa shape index (κ3) is 4.81. The predicted octanol–water partition coefficient (Wildman–Crippen LogP) is 3.93. The van der Waals surface area contributed by atoms with Gasteiger partial charge in [-0.2, -0.15) is 0 Å². The zero-order valence-corrected chi connectivity index (χ0v) is 20.8. The van der Waals surface area contributed by atoms with Crippen LogP contribution in [0, 0.1) is 6.92 Å². The SMILES string of the molecule is Cc1oc(-c2ccccc2)cc1C(=O)NC(Cc1ccc(Br)cc1)C(=O)N1CCC2OCC(=O)C21. The Labute approximate surface area is 211 Å². The lowest BCUT2D eigenvalue weighted by Crippen LogP contribution is -2.53. The van der Waals surface area contributed by atoms with Gasteiger partial charge in [0.1, 0.15) is 30.2 Å². The van der Waals surface area contributed by atoms with E-state index in [-0.39, 0.29) is 24.4 Å². The minimum Gasteiger partial charge on any atom is -0.461 e. The molecule has 3 unspecified atom stereocenters. The van der Waals surface area contributed by atoms with E-state index in [1.54, 1.807) is 17.9 Å². The van der Waals surface area contributed by atoms with Crippen LogP contribution in [0.1, 0.15) is 28.1 Å². The van der Waals surface area contributed by atoms with E-state index in [0.717, 1.165) is 15.6 Å². The predicted molar refractivity (Wildman–Crippen MR) is 133 cm³/mol. The molecule has 1 aromatic heterocycles. The van der Waals surface area contributed by atoms with Crippen LogP contribution in [0.15, 0.2) is 69.6 Å². The molecule has 2 aliphatic rings. The number of amides is 2. The Morgan fingerprint density at radius 1 is 1.14 bits per heavy atom. The molecule has 0 bridgehead atoms. The summed E-state index contributed by atoms with van der Waals surface area (Å²) < 4.78 is 12.3. The van der Waals surface area contributed by atoms with Crippen LogP contribution in [0.25, 0.3) is 11.3 Å². The van der Waals surface area contributed by atoms with Crippen LogP contribution in [0.4, 0.5) is 0 Å². The van der Waals surface area contributed by atoms with E-state index < -0.39 is 18.0 Å². The summed E-state index contributed by atoms with van der Waals surface area (Å²) in [5.74, 6) is 0.287. The molecule has 0 radical (unpaired) electrons. The summed E-state index contributed by atoms with van der Waals surface area (Å²) >= 11 is 3.43. The molecule has 3 heterocycles. The normalized spacial score (nSPS) is 20.1. The Morgan fingerprint density at radius 2 is 1.89 bits per heavy atom. The number of hydrogen-bond acceptors (Lipinski definition) is 5. The van der Waals surface area contributed by atoms with Crippen LogP contribution in [0.3, 0.4) is 0 Å². The number of likely N-dealkylation sites (tertiary alicyclic amines) is 1. The van der Waals surface area contributed by atoms with Crippen molar-refractivity contribution in [2.75, 3.05) is 13.2 Å². The number of aryl methyl sites for hydroxylation is 1. The molecule has 0 spiro atoms. The van der Waals surface area contributed by atoms with Crippen LogP contribution in [-0.2, 0) is 20.7 Å². The van der Waals surface area contributed by atoms with Gasteiger partial charge < -0.3 is 19.4 Å². The van der Waals surface area contributed by atoms with Crippen molar-refractivity contribution in [1.82, 2.24) is 10.2 Å². The second-order valence-corrected chi connectivity index (χ2v) is 9.80. The van der Waals surface area contributed by atoms with Gasteiger partial charge in [-0.3, -0.25) is 14.4 Å². The van der Waals surface area contributed by atoms with Crippen LogP contribution in [-0.4, -0.2) is 53.8 Å². The number of fused-ring (bicyclic) bond motifs is 1. The van der Waals surface area contributed by atoms with Gasteiger partial charge in [-0.15, -0.1) is 0 Å². The molecule has 7 nitrogen and oxygen atoms in total. The van der Waals surface area contributed by atoms with Crippen molar-refractivity contribution in [3.63, 3.8) is 0 Å². The maximum atomic E-state index is 13.7. The number of halogens is 1. The summed E-state index contributed by atoms with van der Waals surface area (Å²) in [4.78, 5) is 41.0. The Kier molecular flexibility index (Phi) is 6.58. The average Bonchev–Trinajstić information content (AvgIpc) is 3.56. The maximum Gasteiger partial charge on any atom is 0.255 e. The molecule has 2 saturated heterocycles. The number of ether oxygens (including phenoxy) is 1. The standard InChI is InChI=1S/C27H25BrN2O5/c1-16-20(14-24(35-16)18-5-3-2-4-6-18)26(32)29-21(13-17-7-9-19(28)10-8-17)27(33)30-12-11-23-25(30)22(31)15-34-23/h2-10,14,21,23,25H,11-13,15H2,1H3,(H,29,32). The molecule has 2 fully saturated rings. The lowest BCUT2D eigenvalue weighted by atomic mass is 10.0. The fraction of sp³-hybridized carbons (Fsp3) is 0.296. The molecule has 35 heavy (non-hydrogen) atoms. The van der Waals surface area contributed by atoms with Gasteiger partial charge in [-0.25, -0.2) is 0 Å². The first-order chi connectivity index (χ1) is 16.9. The molecule has 2 aromatic carbocycles. The molecular formula is C27H25BrN2O5. The van der Waals surface area contributed by atoms with Gasteiger partial charge in [0, 0.05) is 23.0 Å². The Hall–Kier alpha value is -3.23. The maximum absolute atomic E-state index is 13.7. The number of carbonyl (C=O) groups is 3. The summed E-state index contributed by atoms with van der Waals surface area (Å²) in [5.41, 5.74) is 2.13. The van der Waals surface area contributed by atoms with Gasteiger partial charge in [-0.05, 0) is 37.1 Å². The minimum atomic E-state index is -0.842. The van der Waals surface area contributed by atoms with Gasteiger partial charge in [-0.1, -0.05) is 58.4 Å². The molecule has 1 N–H and O–H groups in total. The summed E-state index contributed by atoms with van der Waals surface area (Å²) in [5, 5.41) is 2.92. The van der Waals surface area contributed by atoms with E-state index in [1.807, 2.05) is 54.6 Å². The molecule has 3 atom stereocenters. The smallest absolute Gasteiger partial charge is 0.255 e. The van der Waals surface area contributed by atoms with Crippen LogP contribution in [0.2, 0.25) is 0 Å². The van der Waals surface area contributed by atoms with Crippen LogP contribution >= 0.6 is 15.9 Å². The number of nitrogens with one attached hydrogen (secondary N) is 1. The largest absolute Gasteiger partial charge is 0.461 e. The van der Waals surface area contributed by atoms with Crippen molar-refractivity contribution in [2.45, 2.75) is 38.0 Å². The number of Topliss-reactive ketones (excluding diaryl/α,β-unsaturated/α-hetero) is 1. The first kappa shape index (κ1) is 23.5. The molecule has 0 aliphatic carbocycles. The number of hydrogen-bond donors (Lipinski definition) is 1. The first-order valence-electron chi connectivity index (χ1n) is 11.6. The fourth-order valence-electron chi connectivity index (χ4n) is 4.79. The van der Waals surface area contributed by atoms with Crippen molar-refractivity contribution >= 4 is 33.5 Å². The average molecular weight is 537 g/mol. The quantitative estimate of drug-likeness (QED) is 0.515. The molecule has 5 rings (SSSR count). The summed E-state index contributed by atoms with van der Waals surface area (Å²) in [7, 11) is 0. The number of benzene rings is 2. The monoisotopic (exact) mass is 536 g/mol. The van der Waals surface area contributed by atoms with E-state index in [4.69, 9.17) is 9.15 Å². The second kappa shape index (κ2) is 9.79. The molecular weight excluding hydrogens is 512 g/mol. The van der Waals surface area contributed by atoms with Crippen molar-refractivity contribution < 1.29 is 23.5 Å². The summed E-state index contributed by atoms with van der Waals surface area (Å²) in [6, 6.07) is 17.4. The Balaban J connectivity index is 1.40. The minimum absolute atomic E-state index is 0.0271. The fourth-order valence-corrected chi connectivity index (χ4v) is 5.05. The van der Waals surface area contributed by atoms with Gasteiger partial charge in [0.2, 0.25) is 5.91 Å². The third-order valence-electron chi connectivity index (χ3n) is 6.57. The molecule has 180 valence electrons. The van der Waals surface area contributed by atoms with Gasteiger partial charge in [0.05, 0.1) is 11.7 Å².